The third-order valence-corrected chi connectivity index (χ3v) is 4.90. The van der Waals surface area contributed by atoms with E-state index in [2.05, 4.69) is 11.0 Å². The Balaban J connectivity index is 1.85. The highest BCUT2D eigenvalue weighted by molar-refractivity contribution is 5.95. The normalized spacial score (nSPS) is 13.4. The molecule has 0 atom stereocenters. The number of benzene rings is 2. The van der Waals surface area contributed by atoms with Crippen molar-refractivity contribution in [2.75, 3.05) is 33.9 Å². The number of fused-ring (bicyclic) bond motifs is 1. The van der Waals surface area contributed by atoms with Crippen molar-refractivity contribution in [3.8, 4) is 11.5 Å². The van der Waals surface area contributed by atoms with E-state index >= 15 is 0 Å². The second-order valence-corrected chi connectivity index (χ2v) is 7.31. The highest BCUT2D eigenvalue weighted by Crippen LogP contribution is 2.34. The van der Waals surface area contributed by atoms with Crippen molar-refractivity contribution in [1.29, 1.82) is 0 Å². The fraction of sp³-hybridized carbons (Fsp3) is 0.435. The van der Waals surface area contributed by atoms with Gasteiger partial charge < -0.3 is 19.3 Å². The lowest BCUT2D eigenvalue weighted by molar-refractivity contribution is 0.0732. The van der Waals surface area contributed by atoms with Gasteiger partial charge in [0.2, 0.25) is 0 Å². The van der Waals surface area contributed by atoms with Gasteiger partial charge in [-0.2, -0.15) is 0 Å². The first-order valence-corrected chi connectivity index (χ1v) is 9.96. The summed E-state index contributed by atoms with van der Waals surface area (Å²) in [5, 5.41) is 0. The summed E-state index contributed by atoms with van der Waals surface area (Å²) in [5.74, 6) is 1.64. The molecule has 1 heterocycles. The van der Waals surface area contributed by atoms with E-state index in [9.17, 15) is 4.79 Å². The van der Waals surface area contributed by atoms with E-state index in [0.717, 1.165) is 41.2 Å². The molecule has 150 valence electrons. The van der Waals surface area contributed by atoms with Crippen LogP contribution in [0.4, 0.5) is 0 Å². The number of ether oxygens (including phenoxy) is 2. The number of hydrogen-bond donors (Lipinski definition) is 0. The van der Waals surface area contributed by atoms with E-state index in [1.807, 2.05) is 63.2 Å². The molecule has 0 aliphatic carbocycles. The fourth-order valence-corrected chi connectivity index (χ4v) is 3.65. The number of carbonyl (C=O) groups excluding carboxylic acids is 1. The third-order valence-electron chi connectivity index (χ3n) is 4.90. The number of nitrogens with zero attached hydrogens (tertiary/aromatic N) is 2. The zero-order valence-corrected chi connectivity index (χ0v) is 17.3. The average molecular weight is 383 g/mol. The highest BCUT2D eigenvalue weighted by Gasteiger charge is 2.25. The van der Waals surface area contributed by atoms with Gasteiger partial charge >= 0.3 is 0 Å². The summed E-state index contributed by atoms with van der Waals surface area (Å²) in [7, 11) is 4.03. The van der Waals surface area contributed by atoms with Crippen LogP contribution in [0.25, 0.3) is 0 Å². The molecule has 2 aromatic rings. The summed E-state index contributed by atoms with van der Waals surface area (Å²) in [6.45, 7) is 7.18. The van der Waals surface area contributed by atoms with Gasteiger partial charge in [0.1, 0.15) is 0 Å². The van der Waals surface area contributed by atoms with Crippen LogP contribution in [0.1, 0.15) is 40.9 Å². The molecule has 0 bridgehead atoms. The van der Waals surface area contributed by atoms with Crippen molar-refractivity contribution in [1.82, 2.24) is 9.80 Å². The molecule has 1 amide bonds. The van der Waals surface area contributed by atoms with E-state index in [1.165, 1.54) is 5.56 Å². The van der Waals surface area contributed by atoms with Crippen molar-refractivity contribution in [2.45, 2.75) is 33.4 Å². The minimum absolute atomic E-state index is 0.0925. The van der Waals surface area contributed by atoms with Crippen LogP contribution < -0.4 is 9.47 Å². The topological polar surface area (TPSA) is 42.0 Å². The summed E-state index contributed by atoms with van der Waals surface area (Å²) in [4.78, 5) is 17.3. The largest absolute Gasteiger partial charge is 0.490 e. The molecule has 5 heteroatoms. The molecule has 0 aromatic heterocycles. The molecule has 28 heavy (non-hydrogen) atoms. The highest BCUT2D eigenvalue weighted by atomic mass is 16.5. The molecule has 0 radical (unpaired) electrons. The molecule has 5 nitrogen and oxygen atoms in total. The van der Waals surface area contributed by atoms with Crippen molar-refractivity contribution >= 4 is 5.91 Å². The Kier molecular flexibility index (Phi) is 6.57. The standard InChI is InChI=1S/C23H30N2O3/c1-5-27-21-13-17-11-12-25(16-19(17)14-22(21)28-6-2)23(26)20-10-8-7-9-18(20)15-24(3)4/h7-10,13-14H,5-6,11-12,15-16H2,1-4H3. The first kappa shape index (κ1) is 20.2. The molecule has 0 fully saturated rings. The Morgan fingerprint density at radius 2 is 1.68 bits per heavy atom. The van der Waals surface area contributed by atoms with Gasteiger partial charge in [0.25, 0.3) is 5.91 Å². The van der Waals surface area contributed by atoms with Gasteiger partial charge in [-0.1, -0.05) is 18.2 Å². The Labute approximate surface area is 167 Å². The number of amides is 1. The smallest absolute Gasteiger partial charge is 0.254 e. The van der Waals surface area contributed by atoms with Crippen LogP contribution >= 0.6 is 0 Å². The molecule has 0 saturated heterocycles. The van der Waals surface area contributed by atoms with Crippen molar-refractivity contribution < 1.29 is 14.3 Å². The van der Waals surface area contributed by atoms with Gasteiger partial charge in [0.05, 0.1) is 13.2 Å². The second kappa shape index (κ2) is 9.11. The van der Waals surface area contributed by atoms with E-state index in [4.69, 9.17) is 9.47 Å². The fourth-order valence-electron chi connectivity index (χ4n) is 3.65. The Morgan fingerprint density at radius 3 is 2.32 bits per heavy atom. The third kappa shape index (κ3) is 4.47. The number of rotatable bonds is 7. The van der Waals surface area contributed by atoms with Crippen LogP contribution in [0.3, 0.4) is 0 Å². The average Bonchev–Trinajstić information content (AvgIpc) is 2.68. The Hall–Kier alpha value is -2.53. The van der Waals surface area contributed by atoms with Gasteiger partial charge in [0.15, 0.2) is 11.5 Å². The number of carbonyl (C=O) groups is 1. The monoisotopic (exact) mass is 382 g/mol. The van der Waals surface area contributed by atoms with E-state index in [0.29, 0.717) is 26.3 Å². The van der Waals surface area contributed by atoms with Gasteiger partial charge in [-0.25, -0.2) is 0 Å². The molecule has 0 spiro atoms. The van der Waals surface area contributed by atoms with Gasteiger partial charge in [-0.05, 0) is 69.3 Å². The molecule has 2 aromatic carbocycles. The minimum Gasteiger partial charge on any atom is -0.490 e. The van der Waals surface area contributed by atoms with Crippen LogP contribution in [-0.4, -0.2) is 49.6 Å². The maximum Gasteiger partial charge on any atom is 0.254 e. The van der Waals surface area contributed by atoms with E-state index in [-0.39, 0.29) is 5.91 Å². The van der Waals surface area contributed by atoms with Crippen LogP contribution in [0, 0.1) is 0 Å². The summed E-state index contributed by atoms with van der Waals surface area (Å²) < 4.78 is 11.5. The molecule has 0 saturated carbocycles. The van der Waals surface area contributed by atoms with E-state index < -0.39 is 0 Å². The molecule has 0 N–H and O–H groups in total. The lowest BCUT2D eigenvalue weighted by Crippen LogP contribution is -2.36. The predicted octanol–water partition coefficient (Wildman–Crippen LogP) is 3.74. The van der Waals surface area contributed by atoms with Gasteiger partial charge in [-0.15, -0.1) is 0 Å². The molecule has 0 unspecified atom stereocenters. The summed E-state index contributed by atoms with van der Waals surface area (Å²) in [6.07, 6.45) is 0.823. The summed E-state index contributed by atoms with van der Waals surface area (Å²) in [6, 6.07) is 12.0. The van der Waals surface area contributed by atoms with Gasteiger partial charge in [0, 0.05) is 25.2 Å². The quantitative estimate of drug-likeness (QED) is 0.732. The molecular formula is C23H30N2O3. The van der Waals surface area contributed by atoms with Crippen LogP contribution in [0.5, 0.6) is 11.5 Å². The maximum atomic E-state index is 13.2. The first-order valence-electron chi connectivity index (χ1n) is 9.96. The molecule has 1 aliphatic rings. The number of hydrogen-bond acceptors (Lipinski definition) is 4. The Bertz CT molecular complexity index is 833. The van der Waals surface area contributed by atoms with E-state index in [1.54, 1.807) is 0 Å². The van der Waals surface area contributed by atoms with Crippen molar-refractivity contribution in [2.24, 2.45) is 0 Å². The maximum absolute atomic E-state index is 13.2. The van der Waals surface area contributed by atoms with Gasteiger partial charge in [-0.3, -0.25) is 4.79 Å². The Morgan fingerprint density at radius 1 is 1.04 bits per heavy atom. The molecular weight excluding hydrogens is 352 g/mol. The zero-order chi connectivity index (χ0) is 20.1. The summed E-state index contributed by atoms with van der Waals surface area (Å²) in [5.41, 5.74) is 4.22. The first-order chi connectivity index (χ1) is 13.5. The lowest BCUT2D eigenvalue weighted by Gasteiger charge is -2.30. The van der Waals surface area contributed by atoms with Crippen molar-refractivity contribution in [3.05, 3.63) is 58.7 Å². The predicted molar refractivity (Wildman–Crippen MR) is 111 cm³/mol. The SMILES string of the molecule is CCOc1cc2c(cc1OCC)CN(C(=O)c1ccccc1CN(C)C)CC2. The molecule has 3 rings (SSSR count). The second-order valence-electron chi connectivity index (χ2n) is 7.31. The molecule has 1 aliphatic heterocycles. The zero-order valence-electron chi connectivity index (χ0n) is 17.3. The van der Waals surface area contributed by atoms with Crippen LogP contribution in [0.15, 0.2) is 36.4 Å². The lowest BCUT2D eigenvalue weighted by atomic mass is 9.97. The minimum atomic E-state index is 0.0925. The van der Waals surface area contributed by atoms with Crippen LogP contribution in [0.2, 0.25) is 0 Å². The van der Waals surface area contributed by atoms with Crippen molar-refractivity contribution in [3.63, 3.8) is 0 Å². The van der Waals surface area contributed by atoms with Crippen LogP contribution in [-0.2, 0) is 19.5 Å². The summed E-state index contributed by atoms with van der Waals surface area (Å²) >= 11 is 0.